The van der Waals surface area contributed by atoms with Gasteiger partial charge in [-0.1, -0.05) is 38.1 Å². The van der Waals surface area contributed by atoms with Gasteiger partial charge in [0.05, 0.1) is 6.07 Å². The Balaban J connectivity index is 2.75. The van der Waals surface area contributed by atoms with E-state index in [1.165, 1.54) is 21.2 Å². The second-order valence-electron chi connectivity index (χ2n) is 5.39. The van der Waals surface area contributed by atoms with Crippen LogP contribution in [-0.4, -0.2) is 37.7 Å². The van der Waals surface area contributed by atoms with Gasteiger partial charge >= 0.3 is 0 Å². The Hall–Kier alpha value is -1.42. The van der Waals surface area contributed by atoms with E-state index in [1.54, 1.807) is 7.05 Å². The molecule has 5 nitrogen and oxygen atoms in total. The van der Waals surface area contributed by atoms with E-state index in [0.717, 1.165) is 5.56 Å². The van der Waals surface area contributed by atoms with E-state index in [1.807, 2.05) is 30.3 Å². The lowest BCUT2D eigenvalue weighted by Crippen LogP contribution is -2.39. The standard InChI is InChI=1S/C15H23N3O2S/c1-13(2)15-8-6-14(7-9-15)12-18(4)21(19,20)17(3)11-5-10-16/h6-9,13H,5,11-12H2,1-4H3. The van der Waals surface area contributed by atoms with Crippen molar-refractivity contribution in [1.29, 1.82) is 5.26 Å². The van der Waals surface area contributed by atoms with Crippen molar-refractivity contribution in [3.05, 3.63) is 35.4 Å². The van der Waals surface area contributed by atoms with E-state index >= 15 is 0 Å². The molecule has 0 amide bonds. The summed E-state index contributed by atoms with van der Waals surface area (Å²) in [5.74, 6) is 0.456. The molecule has 0 saturated heterocycles. The molecule has 0 atom stereocenters. The fourth-order valence-corrected chi connectivity index (χ4v) is 3.02. The van der Waals surface area contributed by atoms with Crippen molar-refractivity contribution in [3.8, 4) is 6.07 Å². The summed E-state index contributed by atoms with van der Waals surface area (Å²) < 4.78 is 27.0. The molecule has 0 fully saturated rings. The first-order chi connectivity index (χ1) is 9.78. The Kier molecular flexibility index (Phi) is 6.34. The number of hydrogen-bond acceptors (Lipinski definition) is 3. The molecular weight excluding hydrogens is 286 g/mol. The van der Waals surface area contributed by atoms with Crippen molar-refractivity contribution in [2.75, 3.05) is 20.6 Å². The van der Waals surface area contributed by atoms with Gasteiger partial charge in [-0.15, -0.1) is 0 Å². The predicted octanol–water partition coefficient (Wildman–Crippen LogP) is 2.33. The first-order valence-corrected chi connectivity index (χ1v) is 8.32. The van der Waals surface area contributed by atoms with Gasteiger partial charge in [-0.2, -0.15) is 22.3 Å². The zero-order chi connectivity index (χ0) is 16.0. The van der Waals surface area contributed by atoms with Gasteiger partial charge in [-0.05, 0) is 17.0 Å². The highest BCUT2D eigenvalue weighted by Gasteiger charge is 2.23. The summed E-state index contributed by atoms with van der Waals surface area (Å²) in [6, 6.07) is 9.92. The van der Waals surface area contributed by atoms with Gasteiger partial charge in [0, 0.05) is 33.6 Å². The number of benzene rings is 1. The van der Waals surface area contributed by atoms with Gasteiger partial charge < -0.3 is 0 Å². The van der Waals surface area contributed by atoms with Crippen LogP contribution in [0.4, 0.5) is 0 Å². The lowest BCUT2D eigenvalue weighted by atomic mass is 10.0. The van der Waals surface area contributed by atoms with Gasteiger partial charge in [-0.3, -0.25) is 0 Å². The van der Waals surface area contributed by atoms with Crippen LogP contribution in [0.2, 0.25) is 0 Å². The van der Waals surface area contributed by atoms with Crippen LogP contribution >= 0.6 is 0 Å². The number of hydrogen-bond donors (Lipinski definition) is 0. The monoisotopic (exact) mass is 309 g/mol. The maximum Gasteiger partial charge on any atom is 0.281 e. The van der Waals surface area contributed by atoms with Crippen molar-refractivity contribution in [3.63, 3.8) is 0 Å². The highest BCUT2D eigenvalue weighted by atomic mass is 32.2. The number of nitrogens with zero attached hydrogens (tertiary/aromatic N) is 3. The van der Waals surface area contributed by atoms with Gasteiger partial charge in [0.25, 0.3) is 10.2 Å². The molecule has 0 aliphatic rings. The first-order valence-electron chi connectivity index (χ1n) is 6.92. The second-order valence-corrected chi connectivity index (χ2v) is 7.53. The lowest BCUT2D eigenvalue weighted by Gasteiger charge is -2.23. The highest BCUT2D eigenvalue weighted by Crippen LogP contribution is 2.16. The fraction of sp³-hybridized carbons (Fsp3) is 0.533. The molecule has 0 radical (unpaired) electrons. The molecular formula is C15H23N3O2S. The largest absolute Gasteiger partial charge is 0.281 e. The molecule has 6 heteroatoms. The molecule has 1 aromatic carbocycles. The molecule has 0 aliphatic carbocycles. The summed E-state index contributed by atoms with van der Waals surface area (Å²) in [6.45, 7) is 4.76. The van der Waals surface area contributed by atoms with Gasteiger partial charge in [0.1, 0.15) is 0 Å². The van der Waals surface area contributed by atoms with Crippen LogP contribution in [0.25, 0.3) is 0 Å². The summed E-state index contributed by atoms with van der Waals surface area (Å²) in [5, 5.41) is 8.54. The topological polar surface area (TPSA) is 64.4 Å². The molecule has 0 saturated carbocycles. The number of rotatable bonds is 7. The molecule has 0 aromatic heterocycles. The van der Waals surface area contributed by atoms with Crippen molar-refractivity contribution < 1.29 is 8.42 Å². The van der Waals surface area contributed by atoms with Gasteiger partial charge in [0.2, 0.25) is 0 Å². The Morgan fingerprint density at radius 1 is 1.14 bits per heavy atom. The normalized spacial score (nSPS) is 12.1. The third-order valence-electron chi connectivity index (χ3n) is 3.38. The van der Waals surface area contributed by atoms with Gasteiger partial charge in [0.15, 0.2) is 0 Å². The third-order valence-corrected chi connectivity index (χ3v) is 5.26. The highest BCUT2D eigenvalue weighted by molar-refractivity contribution is 7.86. The van der Waals surface area contributed by atoms with Crippen LogP contribution in [0.3, 0.4) is 0 Å². The smallest absolute Gasteiger partial charge is 0.198 e. The van der Waals surface area contributed by atoms with Gasteiger partial charge in [-0.25, -0.2) is 0 Å². The maximum atomic E-state index is 12.3. The van der Waals surface area contributed by atoms with Crippen LogP contribution in [0, 0.1) is 11.3 Å². The van der Waals surface area contributed by atoms with Crippen molar-refractivity contribution in [1.82, 2.24) is 8.61 Å². The Labute approximate surface area is 128 Å². The minimum atomic E-state index is -3.52. The Morgan fingerprint density at radius 3 is 2.19 bits per heavy atom. The SMILES string of the molecule is CC(C)c1ccc(CN(C)S(=O)(=O)N(C)CCC#N)cc1. The molecule has 1 aromatic rings. The molecule has 0 aliphatic heterocycles. The van der Waals surface area contributed by atoms with Crippen LogP contribution in [-0.2, 0) is 16.8 Å². The molecule has 21 heavy (non-hydrogen) atoms. The van der Waals surface area contributed by atoms with E-state index in [2.05, 4.69) is 13.8 Å². The number of nitriles is 1. The zero-order valence-corrected chi connectivity index (χ0v) is 13.9. The fourth-order valence-electron chi connectivity index (χ4n) is 1.91. The van der Waals surface area contributed by atoms with Crippen LogP contribution in [0.1, 0.15) is 37.3 Å². The first kappa shape index (κ1) is 17.6. The second kappa shape index (κ2) is 7.55. The van der Waals surface area contributed by atoms with E-state index in [-0.39, 0.29) is 13.0 Å². The molecule has 116 valence electrons. The van der Waals surface area contributed by atoms with Crippen LogP contribution in [0.15, 0.2) is 24.3 Å². The van der Waals surface area contributed by atoms with E-state index in [4.69, 9.17) is 5.26 Å². The van der Waals surface area contributed by atoms with E-state index in [0.29, 0.717) is 12.5 Å². The van der Waals surface area contributed by atoms with E-state index in [9.17, 15) is 8.42 Å². The molecule has 0 heterocycles. The Morgan fingerprint density at radius 2 is 1.71 bits per heavy atom. The average Bonchev–Trinajstić information content (AvgIpc) is 2.45. The summed E-state index contributed by atoms with van der Waals surface area (Å²) >= 11 is 0. The van der Waals surface area contributed by atoms with Crippen molar-refractivity contribution in [2.45, 2.75) is 32.7 Å². The quantitative estimate of drug-likeness (QED) is 0.776. The summed E-state index contributed by atoms with van der Waals surface area (Å²) in [7, 11) is -0.479. The molecule has 0 bridgehead atoms. The molecule has 0 spiro atoms. The molecule has 0 unspecified atom stereocenters. The summed E-state index contributed by atoms with van der Waals surface area (Å²) in [6.07, 6.45) is 0.187. The lowest BCUT2D eigenvalue weighted by molar-refractivity contribution is 0.392. The van der Waals surface area contributed by atoms with Crippen LogP contribution in [0.5, 0.6) is 0 Å². The van der Waals surface area contributed by atoms with Crippen molar-refractivity contribution >= 4 is 10.2 Å². The molecule has 1 rings (SSSR count). The summed E-state index contributed by atoms with van der Waals surface area (Å²) in [4.78, 5) is 0. The third kappa shape index (κ3) is 4.81. The van der Waals surface area contributed by atoms with Crippen molar-refractivity contribution in [2.24, 2.45) is 0 Å². The zero-order valence-electron chi connectivity index (χ0n) is 13.1. The minimum Gasteiger partial charge on any atom is -0.198 e. The summed E-state index contributed by atoms with van der Waals surface area (Å²) in [5.41, 5.74) is 2.18. The maximum absolute atomic E-state index is 12.3. The average molecular weight is 309 g/mol. The minimum absolute atomic E-state index is 0.187. The molecule has 0 N–H and O–H groups in total. The Bertz CT molecular complexity index is 588. The van der Waals surface area contributed by atoms with Crippen LogP contribution < -0.4 is 0 Å². The van der Waals surface area contributed by atoms with E-state index < -0.39 is 10.2 Å². The predicted molar refractivity (Wildman–Crippen MR) is 83.8 cm³/mol.